The van der Waals surface area contributed by atoms with Gasteiger partial charge in [-0.3, -0.25) is 28.3 Å². The molecule has 10 nitrogen and oxygen atoms in total. The lowest BCUT2D eigenvalue weighted by Crippen LogP contribution is -2.24. The van der Waals surface area contributed by atoms with Crippen molar-refractivity contribution in [3.8, 4) is 34.0 Å². The standard InChI is InChI=1S/C28H27IN2O3.C26H22BrIN2O3/c1-4-26(32)30-15-14-21-22-16-25(34-3)23(29)17-24(22)31(27(21)19-11-6-5-7-12-19)28(33)20-13-9-8-10-18(20)2;1-16(31)29-13-12-20-21-14-24(33-2)22(27)15-23(21)30(25(20)17-6-4-3-5-7-17)26(32)18-8-10-19(28)11-9-18/h5-13,16-17H,4,14-15H2,1-3H3,(H,30,32);3-11,14-15H,12-13H2,1-2H3,(H,29,31). The number of aromatic nitrogens is 2. The lowest BCUT2D eigenvalue weighted by molar-refractivity contribution is -0.121. The van der Waals surface area contributed by atoms with Crippen molar-refractivity contribution in [3.63, 3.8) is 0 Å². The van der Waals surface area contributed by atoms with Crippen molar-refractivity contribution in [1.82, 2.24) is 19.8 Å². The van der Waals surface area contributed by atoms with E-state index < -0.39 is 0 Å². The Kier molecular flexibility index (Phi) is 16.4. The van der Waals surface area contributed by atoms with E-state index in [4.69, 9.17) is 9.47 Å². The number of carbonyl (C=O) groups is 4. The first-order chi connectivity index (χ1) is 32.4. The monoisotopic (exact) mass is 1180 g/mol. The average molecular weight is 1180 g/mol. The number of hydrogen-bond donors (Lipinski definition) is 2. The summed E-state index contributed by atoms with van der Waals surface area (Å²) >= 11 is 8.05. The minimum Gasteiger partial charge on any atom is -0.496 e. The van der Waals surface area contributed by atoms with Gasteiger partial charge in [-0.05, 0) is 163 Å². The highest BCUT2D eigenvalue weighted by Crippen LogP contribution is 2.41. The maximum absolute atomic E-state index is 14.0. The highest BCUT2D eigenvalue weighted by Gasteiger charge is 2.27. The SMILES string of the molecule is CCC(=O)NCCc1c(-c2ccccc2)n(C(=O)c2ccccc2C)c2cc(I)c(OC)cc12.COc1cc2c(CCNC(C)=O)c(-c3ccccc3)n(C(=O)c3ccc(I)cc3)c2cc1Br. The Hall–Kier alpha value is -5.78. The van der Waals surface area contributed by atoms with Gasteiger partial charge in [0, 0.05) is 51.9 Å². The molecular weight excluding hydrogens is 1130 g/mol. The molecule has 2 amide bonds. The van der Waals surface area contributed by atoms with Crippen LogP contribution in [0.2, 0.25) is 0 Å². The Labute approximate surface area is 425 Å². The van der Waals surface area contributed by atoms with Gasteiger partial charge in [0.25, 0.3) is 11.8 Å². The predicted octanol–water partition coefficient (Wildman–Crippen LogP) is 12.0. The molecule has 2 N–H and O–H groups in total. The number of rotatable bonds is 13. The van der Waals surface area contributed by atoms with Gasteiger partial charge >= 0.3 is 0 Å². The number of amides is 2. The Morgan fingerprint density at radius 1 is 0.627 bits per heavy atom. The third-order valence-corrected chi connectivity index (χ3v) is 13.6. The largest absolute Gasteiger partial charge is 0.496 e. The number of carbonyl (C=O) groups excluding carboxylic acids is 4. The predicted molar refractivity (Wildman–Crippen MR) is 287 cm³/mol. The maximum Gasteiger partial charge on any atom is 0.263 e. The van der Waals surface area contributed by atoms with Gasteiger partial charge in [-0.2, -0.15) is 0 Å². The van der Waals surface area contributed by atoms with E-state index >= 15 is 0 Å². The zero-order valence-electron chi connectivity index (χ0n) is 37.7. The third kappa shape index (κ3) is 10.8. The van der Waals surface area contributed by atoms with Crippen molar-refractivity contribution in [2.45, 2.75) is 40.0 Å². The summed E-state index contributed by atoms with van der Waals surface area (Å²) in [5.41, 5.74) is 9.33. The van der Waals surface area contributed by atoms with Crippen LogP contribution in [0.15, 0.2) is 138 Å². The second kappa shape index (κ2) is 22.3. The number of aryl methyl sites for hydroxylation is 1. The molecule has 6 aromatic carbocycles. The number of halogens is 3. The van der Waals surface area contributed by atoms with E-state index in [0.717, 1.165) is 78.4 Å². The molecule has 342 valence electrons. The molecular formula is C54H49BrI2N4O6. The summed E-state index contributed by atoms with van der Waals surface area (Å²) in [6, 6.07) is 42.9. The van der Waals surface area contributed by atoms with Crippen molar-refractivity contribution >= 4 is 107 Å². The second-order valence-corrected chi connectivity index (χ2v) is 18.9. The zero-order chi connectivity index (χ0) is 47.8. The fourth-order valence-corrected chi connectivity index (χ4v) is 9.74. The molecule has 0 unspecified atom stereocenters. The number of nitrogens with one attached hydrogen (secondary N) is 2. The molecule has 0 aliphatic rings. The summed E-state index contributed by atoms with van der Waals surface area (Å²) in [5, 5.41) is 7.72. The number of benzene rings is 6. The van der Waals surface area contributed by atoms with Crippen LogP contribution >= 0.6 is 61.1 Å². The van der Waals surface area contributed by atoms with Crippen LogP contribution < -0.4 is 20.1 Å². The first-order valence-corrected chi connectivity index (χ1v) is 24.7. The van der Waals surface area contributed by atoms with Crippen molar-refractivity contribution in [2.24, 2.45) is 0 Å². The Bertz CT molecular complexity index is 3110. The number of hydrogen-bond acceptors (Lipinski definition) is 6. The average Bonchev–Trinajstić information content (AvgIpc) is 3.82. The van der Waals surface area contributed by atoms with Crippen molar-refractivity contribution in [1.29, 1.82) is 0 Å². The zero-order valence-corrected chi connectivity index (χ0v) is 43.6. The van der Waals surface area contributed by atoms with Gasteiger partial charge in [-0.15, -0.1) is 0 Å². The highest BCUT2D eigenvalue weighted by molar-refractivity contribution is 14.1. The minimum absolute atomic E-state index is 0.00751. The van der Waals surface area contributed by atoms with Crippen LogP contribution in [0.1, 0.15) is 57.7 Å². The van der Waals surface area contributed by atoms with Crippen LogP contribution in [0, 0.1) is 14.1 Å². The molecule has 0 radical (unpaired) electrons. The molecule has 8 rings (SSSR count). The number of ether oxygens (including phenoxy) is 2. The number of methoxy groups -OCH3 is 2. The molecule has 0 fully saturated rings. The van der Waals surface area contributed by atoms with Gasteiger partial charge in [0.2, 0.25) is 11.8 Å². The summed E-state index contributed by atoms with van der Waals surface area (Å²) in [6.45, 7) is 6.24. The first kappa shape index (κ1) is 49.1. The van der Waals surface area contributed by atoms with Gasteiger partial charge < -0.3 is 20.1 Å². The fourth-order valence-electron chi connectivity index (χ4n) is 8.22. The van der Waals surface area contributed by atoms with Gasteiger partial charge in [-0.1, -0.05) is 85.8 Å². The van der Waals surface area contributed by atoms with Crippen LogP contribution in [0.5, 0.6) is 11.5 Å². The van der Waals surface area contributed by atoms with Gasteiger partial charge in [0.15, 0.2) is 0 Å². The van der Waals surface area contributed by atoms with E-state index in [9.17, 15) is 19.2 Å². The Balaban J connectivity index is 0.000000199. The maximum atomic E-state index is 14.0. The summed E-state index contributed by atoms with van der Waals surface area (Å²) in [6.07, 6.45) is 1.59. The molecule has 0 saturated carbocycles. The summed E-state index contributed by atoms with van der Waals surface area (Å²) in [5.74, 6) is 1.17. The van der Waals surface area contributed by atoms with Crippen LogP contribution in [-0.4, -0.2) is 60.1 Å². The fraction of sp³-hybridized carbons (Fsp3) is 0.185. The van der Waals surface area contributed by atoms with E-state index in [2.05, 4.69) is 71.7 Å². The van der Waals surface area contributed by atoms with Crippen molar-refractivity contribution in [3.05, 3.63) is 173 Å². The quantitative estimate of drug-likeness (QED) is 0.111. The van der Waals surface area contributed by atoms with Gasteiger partial charge in [-0.25, -0.2) is 0 Å². The van der Waals surface area contributed by atoms with E-state index in [1.165, 1.54) is 6.92 Å². The topological polar surface area (TPSA) is 121 Å². The summed E-state index contributed by atoms with van der Waals surface area (Å²) in [7, 11) is 3.27. The molecule has 0 atom stereocenters. The molecule has 0 saturated heterocycles. The summed E-state index contributed by atoms with van der Waals surface area (Å²) in [4.78, 5) is 51.3. The molecule has 2 aromatic heterocycles. The summed E-state index contributed by atoms with van der Waals surface area (Å²) < 4.78 is 17.5. The molecule has 67 heavy (non-hydrogen) atoms. The third-order valence-electron chi connectivity index (χ3n) is 11.4. The van der Waals surface area contributed by atoms with E-state index in [-0.39, 0.29) is 23.6 Å². The molecule has 0 aliphatic heterocycles. The van der Waals surface area contributed by atoms with Crippen LogP contribution in [-0.2, 0) is 22.4 Å². The van der Waals surface area contributed by atoms with E-state index in [1.807, 2.05) is 152 Å². The van der Waals surface area contributed by atoms with Gasteiger partial charge in [0.1, 0.15) is 11.5 Å². The van der Waals surface area contributed by atoms with Crippen LogP contribution in [0.4, 0.5) is 0 Å². The van der Waals surface area contributed by atoms with Crippen molar-refractivity contribution in [2.75, 3.05) is 27.3 Å². The lowest BCUT2D eigenvalue weighted by atomic mass is 10.0. The lowest BCUT2D eigenvalue weighted by Gasteiger charge is -2.13. The molecule has 0 aliphatic carbocycles. The second-order valence-electron chi connectivity index (χ2n) is 15.7. The molecule has 13 heteroatoms. The van der Waals surface area contributed by atoms with Crippen LogP contribution in [0.3, 0.4) is 0 Å². The first-order valence-electron chi connectivity index (χ1n) is 21.7. The van der Waals surface area contributed by atoms with E-state index in [1.54, 1.807) is 18.8 Å². The van der Waals surface area contributed by atoms with Crippen LogP contribution in [0.25, 0.3) is 44.3 Å². The van der Waals surface area contributed by atoms with Gasteiger partial charge in [0.05, 0.1) is 44.7 Å². The Morgan fingerprint density at radius 3 is 1.67 bits per heavy atom. The minimum atomic E-state index is -0.113. The highest BCUT2D eigenvalue weighted by atomic mass is 127. The molecule has 0 bridgehead atoms. The number of fused-ring (bicyclic) bond motifs is 2. The molecule has 8 aromatic rings. The smallest absolute Gasteiger partial charge is 0.263 e. The number of nitrogens with zero attached hydrogens (tertiary/aromatic N) is 2. The molecule has 2 heterocycles. The Morgan fingerprint density at radius 2 is 1.13 bits per heavy atom. The normalized spacial score (nSPS) is 10.9. The van der Waals surface area contributed by atoms with E-state index in [0.29, 0.717) is 49.2 Å². The molecule has 0 spiro atoms. The van der Waals surface area contributed by atoms with Crippen molar-refractivity contribution < 1.29 is 28.7 Å².